The summed E-state index contributed by atoms with van der Waals surface area (Å²) in [5.41, 5.74) is 3.09. The monoisotopic (exact) mass is 661 g/mol. The number of amides is 2. The van der Waals surface area contributed by atoms with Gasteiger partial charge in [-0.15, -0.1) is 24.5 Å². The van der Waals surface area contributed by atoms with Crippen LogP contribution in [-0.2, 0) is 0 Å². The molecule has 3 heterocycles. The number of hydrogen-bond acceptors (Lipinski definition) is 7. The maximum atomic E-state index is 13.7. The Bertz CT molecular complexity index is 2000. The van der Waals surface area contributed by atoms with E-state index in [2.05, 4.69) is 9.72 Å². The molecule has 0 N–H and O–H groups in total. The van der Waals surface area contributed by atoms with Gasteiger partial charge in [-0.3, -0.25) is 14.4 Å². The van der Waals surface area contributed by atoms with E-state index in [0.717, 1.165) is 10.6 Å². The van der Waals surface area contributed by atoms with Crippen LogP contribution in [0.5, 0.6) is 5.75 Å². The maximum absolute atomic E-state index is 13.7. The van der Waals surface area contributed by atoms with Gasteiger partial charge in [0.25, 0.3) is 11.8 Å². The normalized spacial score (nSPS) is 13.9. The molecule has 1 aliphatic heterocycles. The first-order chi connectivity index (χ1) is 22.5. The van der Waals surface area contributed by atoms with Crippen LogP contribution in [0.1, 0.15) is 57.1 Å². The van der Waals surface area contributed by atoms with Crippen molar-refractivity contribution in [3.63, 3.8) is 0 Å². The molecule has 0 atom stereocenters. The van der Waals surface area contributed by atoms with Crippen LogP contribution in [0.25, 0.3) is 22.1 Å². The molecular formula is C35H30F3N3O5S. The summed E-state index contributed by atoms with van der Waals surface area (Å²) < 4.78 is 47.5. The highest BCUT2D eigenvalue weighted by Crippen LogP contribution is 2.35. The molecule has 1 fully saturated rings. The molecule has 0 bridgehead atoms. The molecule has 47 heavy (non-hydrogen) atoms. The summed E-state index contributed by atoms with van der Waals surface area (Å²) in [6.07, 6.45) is -2.20. The van der Waals surface area contributed by atoms with Gasteiger partial charge in [0.1, 0.15) is 29.0 Å². The third-order valence-electron chi connectivity index (χ3n) is 8.27. The van der Waals surface area contributed by atoms with Crippen molar-refractivity contribution >= 4 is 39.8 Å². The molecule has 2 amide bonds. The second kappa shape index (κ2) is 13.0. The minimum Gasteiger partial charge on any atom is -0.462 e. The van der Waals surface area contributed by atoms with Crippen molar-refractivity contribution in [1.29, 1.82) is 0 Å². The number of anilines is 1. The molecular weight excluding hydrogens is 631 g/mol. The van der Waals surface area contributed by atoms with Crippen molar-refractivity contribution in [3.05, 3.63) is 110 Å². The highest BCUT2D eigenvalue weighted by atomic mass is 32.1. The molecule has 0 aliphatic carbocycles. The Morgan fingerprint density at radius 3 is 2.47 bits per heavy atom. The van der Waals surface area contributed by atoms with Crippen molar-refractivity contribution in [2.45, 2.75) is 39.0 Å². The molecule has 0 saturated carbocycles. The number of hydrogen-bond donors (Lipinski definition) is 0. The lowest BCUT2D eigenvalue weighted by molar-refractivity contribution is -0.274. The average molecular weight is 662 g/mol. The molecule has 6 rings (SSSR count). The van der Waals surface area contributed by atoms with Crippen molar-refractivity contribution in [2.75, 3.05) is 24.5 Å². The lowest BCUT2D eigenvalue weighted by atomic mass is 9.92. The predicted octanol–water partition coefficient (Wildman–Crippen LogP) is 7.81. The fourth-order valence-electron chi connectivity index (χ4n) is 5.94. The van der Waals surface area contributed by atoms with Crippen LogP contribution in [0.4, 0.5) is 18.9 Å². The minimum atomic E-state index is -4.79. The summed E-state index contributed by atoms with van der Waals surface area (Å²) in [6.45, 7) is 4.83. The van der Waals surface area contributed by atoms with Gasteiger partial charge in [0.05, 0.1) is 10.4 Å². The standard InChI is InChI=1S/C35H30F3N3O5S/c1-3-41(28-19-45-29-10-5-4-8-25(29)31(28)42)34(44)27-20-47-32(39-27)23-15-17-40(18-16-23)33(43)26-9-6-7-21(2)30(26)22-11-13-24(14-12-22)46-35(36,37)38/h4-14,19-20,23H,3,15-18H2,1-2H3. The van der Waals surface area contributed by atoms with Crippen LogP contribution < -0.4 is 15.1 Å². The molecule has 3 aromatic carbocycles. The smallest absolute Gasteiger partial charge is 0.462 e. The summed E-state index contributed by atoms with van der Waals surface area (Å²) in [4.78, 5) is 48.2. The quantitative estimate of drug-likeness (QED) is 0.177. The number of piperidine rings is 1. The number of nitrogens with zero attached hydrogens (tertiary/aromatic N) is 3. The summed E-state index contributed by atoms with van der Waals surface area (Å²) in [6, 6.07) is 17.7. The van der Waals surface area contributed by atoms with Crippen LogP contribution in [0.2, 0.25) is 0 Å². The first-order valence-corrected chi connectivity index (χ1v) is 15.9. The molecule has 12 heteroatoms. The van der Waals surface area contributed by atoms with Crippen molar-refractivity contribution in [2.24, 2.45) is 0 Å². The number of likely N-dealkylation sites (tertiary alicyclic amines) is 1. The summed E-state index contributed by atoms with van der Waals surface area (Å²) >= 11 is 1.38. The molecule has 1 aliphatic rings. The zero-order valence-electron chi connectivity index (χ0n) is 25.5. The topological polar surface area (TPSA) is 93.0 Å². The second-order valence-electron chi connectivity index (χ2n) is 11.2. The number of aryl methyl sites for hydroxylation is 1. The van der Waals surface area contributed by atoms with Gasteiger partial charge in [0.15, 0.2) is 0 Å². The number of halogens is 3. The Hall–Kier alpha value is -4.97. The van der Waals surface area contributed by atoms with E-state index in [9.17, 15) is 27.6 Å². The van der Waals surface area contributed by atoms with Crippen molar-refractivity contribution < 1.29 is 31.9 Å². The van der Waals surface area contributed by atoms with Gasteiger partial charge < -0.3 is 19.0 Å². The number of ether oxygens (including phenoxy) is 1. The average Bonchev–Trinajstić information content (AvgIpc) is 3.56. The first-order valence-electron chi connectivity index (χ1n) is 15.1. The van der Waals surface area contributed by atoms with Gasteiger partial charge in [-0.25, -0.2) is 4.98 Å². The van der Waals surface area contributed by atoms with Crippen molar-refractivity contribution in [1.82, 2.24) is 9.88 Å². The fraction of sp³-hybridized carbons (Fsp3) is 0.257. The summed E-state index contributed by atoms with van der Waals surface area (Å²) in [5, 5.41) is 2.88. The molecule has 0 unspecified atom stereocenters. The van der Waals surface area contributed by atoms with E-state index in [0.29, 0.717) is 53.6 Å². The van der Waals surface area contributed by atoms with Crippen LogP contribution in [0.15, 0.2) is 87.6 Å². The lowest BCUT2D eigenvalue weighted by Crippen LogP contribution is -2.38. The maximum Gasteiger partial charge on any atom is 0.573 e. The number of carbonyl (C=O) groups excluding carboxylic acids is 2. The number of thiazole rings is 1. The Morgan fingerprint density at radius 1 is 1.04 bits per heavy atom. The molecule has 0 radical (unpaired) electrons. The Labute approximate surface area is 272 Å². The van der Waals surface area contributed by atoms with E-state index in [4.69, 9.17) is 4.42 Å². The molecule has 1 saturated heterocycles. The molecule has 242 valence electrons. The highest BCUT2D eigenvalue weighted by Gasteiger charge is 2.32. The van der Waals surface area contributed by atoms with E-state index in [1.807, 2.05) is 13.0 Å². The van der Waals surface area contributed by atoms with E-state index >= 15 is 0 Å². The number of benzene rings is 3. The Kier molecular flexibility index (Phi) is 8.87. The Morgan fingerprint density at radius 2 is 1.77 bits per heavy atom. The summed E-state index contributed by atoms with van der Waals surface area (Å²) in [7, 11) is 0. The van der Waals surface area contributed by atoms with Crippen LogP contribution in [-0.4, -0.2) is 47.7 Å². The molecule has 5 aromatic rings. The van der Waals surface area contributed by atoms with E-state index in [1.54, 1.807) is 53.6 Å². The van der Waals surface area contributed by atoms with Gasteiger partial charge in [0.2, 0.25) is 5.43 Å². The van der Waals surface area contributed by atoms with Crippen molar-refractivity contribution in [3.8, 4) is 16.9 Å². The molecule has 2 aromatic heterocycles. The van der Waals surface area contributed by atoms with Gasteiger partial charge in [0, 0.05) is 36.5 Å². The Balaban J connectivity index is 1.14. The zero-order valence-corrected chi connectivity index (χ0v) is 26.4. The number of fused-ring (bicyclic) bond motifs is 1. The predicted molar refractivity (Wildman–Crippen MR) is 173 cm³/mol. The number of alkyl halides is 3. The van der Waals surface area contributed by atoms with E-state index in [1.165, 1.54) is 46.8 Å². The zero-order chi connectivity index (χ0) is 33.3. The summed E-state index contributed by atoms with van der Waals surface area (Å²) in [5.74, 6) is -0.848. The minimum absolute atomic E-state index is 0.0459. The largest absolute Gasteiger partial charge is 0.573 e. The number of rotatable bonds is 7. The van der Waals surface area contributed by atoms with E-state index < -0.39 is 12.3 Å². The number of aromatic nitrogens is 1. The third kappa shape index (κ3) is 6.64. The third-order valence-corrected chi connectivity index (χ3v) is 9.27. The van der Waals surface area contributed by atoms with Gasteiger partial charge in [-0.05, 0) is 73.7 Å². The van der Waals surface area contributed by atoms with E-state index in [-0.39, 0.29) is 40.9 Å². The van der Waals surface area contributed by atoms with Crippen LogP contribution in [0.3, 0.4) is 0 Å². The highest BCUT2D eigenvalue weighted by molar-refractivity contribution is 7.10. The van der Waals surface area contributed by atoms with Crippen LogP contribution >= 0.6 is 11.3 Å². The molecule has 0 spiro atoms. The van der Waals surface area contributed by atoms with Crippen LogP contribution in [0, 0.1) is 6.92 Å². The number of carbonyl (C=O) groups is 2. The SMILES string of the molecule is CCN(C(=O)c1csc(C2CCN(C(=O)c3cccc(C)c3-c3ccc(OC(F)(F)F)cc3)CC2)n1)c1coc2ccccc2c1=O. The first kappa shape index (κ1) is 32.0. The number of para-hydroxylation sites is 1. The fourth-order valence-corrected chi connectivity index (χ4v) is 6.91. The van der Waals surface area contributed by atoms with Gasteiger partial charge in [-0.1, -0.05) is 36.4 Å². The molecule has 8 nitrogen and oxygen atoms in total. The van der Waals surface area contributed by atoms with Gasteiger partial charge >= 0.3 is 6.36 Å². The van der Waals surface area contributed by atoms with Gasteiger partial charge in [-0.2, -0.15) is 0 Å². The lowest BCUT2D eigenvalue weighted by Gasteiger charge is -2.32. The second-order valence-corrected chi connectivity index (χ2v) is 12.1.